The molecule has 0 fully saturated rings. The van der Waals surface area contributed by atoms with Gasteiger partial charge in [0.15, 0.2) is 5.43 Å². The highest BCUT2D eigenvalue weighted by Gasteiger charge is 2.22. The number of carboxylic acid groups (broad SMARTS) is 1. The Bertz CT molecular complexity index is 2200. The van der Waals surface area contributed by atoms with Crippen LogP contribution in [0.1, 0.15) is 101 Å². The fraction of sp³-hybridized carbons (Fsp3) is 0.444. The summed E-state index contributed by atoms with van der Waals surface area (Å²) in [4.78, 5) is 81.7. The van der Waals surface area contributed by atoms with Gasteiger partial charge in [-0.1, -0.05) is 24.6 Å². The van der Waals surface area contributed by atoms with Crippen molar-refractivity contribution in [2.75, 3.05) is 39.3 Å². The number of carbonyl (C=O) groups is 6. The summed E-state index contributed by atoms with van der Waals surface area (Å²) in [5.41, 5.74) is 7.49. The third-order valence-electron chi connectivity index (χ3n) is 9.99. The standard InChI is InChI=1S/C25H48N6O8.C20H12O5/c1-21(32)29(37)18-9-3-6-16-27-22(33)12-14-25(36)31(39)20-10-4-7-17-28-23(34)11-13-24(35)30(38)19-8-2-5-15-26;21-11-5-7-15-17(9-11)25-18-10-12(22)6-8-16(18)19(15)13-3-1-2-4-14(13)20(23)24/h37-39H,2-20,26H2,1H3,(H,27,33)(H,28,34);1-10,21H,(H,23,24). The van der Waals surface area contributed by atoms with E-state index in [2.05, 4.69) is 10.6 Å². The lowest BCUT2D eigenvalue weighted by atomic mass is 9.91. The van der Waals surface area contributed by atoms with Gasteiger partial charge in [0.05, 0.1) is 5.56 Å². The average Bonchev–Trinajstić information content (AvgIpc) is 3.27. The number of aromatic carboxylic acids is 1. The van der Waals surface area contributed by atoms with E-state index in [9.17, 15) is 59.4 Å². The number of aromatic hydroxyl groups is 1. The molecule has 0 aromatic heterocycles. The number of fused-ring (bicyclic) bond motifs is 2. The van der Waals surface area contributed by atoms with Gasteiger partial charge >= 0.3 is 5.97 Å². The number of nitrogens with two attached hydrogens (primary N) is 1. The van der Waals surface area contributed by atoms with Crippen molar-refractivity contribution in [3.63, 3.8) is 0 Å². The number of hydrogen-bond acceptors (Lipinski definition) is 13. The van der Waals surface area contributed by atoms with E-state index >= 15 is 0 Å². The van der Waals surface area contributed by atoms with E-state index in [4.69, 9.17) is 10.2 Å². The third-order valence-corrected chi connectivity index (χ3v) is 9.99. The monoisotopic (exact) mass is 892 g/mol. The highest BCUT2D eigenvalue weighted by atomic mass is 16.5. The predicted octanol–water partition coefficient (Wildman–Crippen LogP) is 4.89. The molecule has 9 N–H and O–H groups in total. The van der Waals surface area contributed by atoms with Crippen molar-refractivity contribution in [1.29, 1.82) is 0 Å². The molecule has 64 heavy (non-hydrogen) atoms. The van der Waals surface area contributed by atoms with Crippen molar-refractivity contribution in [2.45, 2.75) is 90.4 Å². The summed E-state index contributed by atoms with van der Waals surface area (Å²) in [6.45, 7) is 3.22. The molecular weight excluding hydrogens is 833 g/mol. The van der Waals surface area contributed by atoms with Crippen LogP contribution >= 0.6 is 0 Å². The number of nitrogens with zero attached hydrogens (tertiary/aromatic N) is 3. The first-order valence-electron chi connectivity index (χ1n) is 21.3. The molecule has 5 amide bonds. The van der Waals surface area contributed by atoms with Gasteiger partial charge in [-0.15, -0.1) is 0 Å². The minimum atomic E-state index is -1.04. The summed E-state index contributed by atoms with van der Waals surface area (Å²) in [6, 6.07) is 15.7. The average molecular weight is 893 g/mol. The van der Waals surface area contributed by atoms with Crippen LogP contribution in [0.25, 0.3) is 33.4 Å². The van der Waals surface area contributed by atoms with Crippen LogP contribution in [0.2, 0.25) is 0 Å². The second-order valence-corrected chi connectivity index (χ2v) is 15.0. The quantitative estimate of drug-likeness (QED) is 0.0190. The lowest BCUT2D eigenvalue weighted by molar-refractivity contribution is -0.166. The first-order valence-corrected chi connectivity index (χ1v) is 21.3. The van der Waals surface area contributed by atoms with Gasteiger partial charge in [0.2, 0.25) is 29.5 Å². The Morgan fingerprint density at radius 2 is 1.19 bits per heavy atom. The molecule has 348 valence electrons. The van der Waals surface area contributed by atoms with E-state index < -0.39 is 23.7 Å². The Morgan fingerprint density at radius 3 is 1.73 bits per heavy atom. The molecule has 1 aliphatic carbocycles. The zero-order valence-corrected chi connectivity index (χ0v) is 36.1. The van der Waals surface area contributed by atoms with Crippen LogP contribution in [0.4, 0.5) is 0 Å². The Morgan fingerprint density at radius 1 is 0.641 bits per heavy atom. The smallest absolute Gasteiger partial charge is 0.336 e. The van der Waals surface area contributed by atoms with Gasteiger partial charge in [-0.25, -0.2) is 20.0 Å². The molecule has 0 radical (unpaired) electrons. The largest absolute Gasteiger partial charge is 0.508 e. The van der Waals surface area contributed by atoms with Crippen molar-refractivity contribution in [1.82, 2.24) is 25.8 Å². The van der Waals surface area contributed by atoms with E-state index in [1.165, 1.54) is 37.3 Å². The zero-order chi connectivity index (χ0) is 47.0. The van der Waals surface area contributed by atoms with Crippen molar-refractivity contribution in [2.24, 2.45) is 5.73 Å². The van der Waals surface area contributed by atoms with Crippen LogP contribution in [0, 0.1) is 0 Å². The lowest BCUT2D eigenvalue weighted by Gasteiger charge is -2.16. The fourth-order valence-corrected chi connectivity index (χ4v) is 6.48. The summed E-state index contributed by atoms with van der Waals surface area (Å²) in [6.07, 6.45) is 5.84. The molecular formula is C45H60N6O13. The number of benzene rings is 3. The highest BCUT2D eigenvalue weighted by Crippen LogP contribution is 2.41. The molecule has 1 aliphatic heterocycles. The highest BCUT2D eigenvalue weighted by molar-refractivity contribution is 6.07. The molecule has 4 rings (SSSR count). The van der Waals surface area contributed by atoms with Gasteiger partial charge in [0.1, 0.15) is 17.1 Å². The number of carboxylic acids is 1. The number of rotatable bonds is 25. The lowest BCUT2D eigenvalue weighted by Crippen LogP contribution is -2.31. The maximum Gasteiger partial charge on any atom is 0.336 e. The van der Waals surface area contributed by atoms with Gasteiger partial charge in [0.25, 0.3) is 0 Å². The number of phenols is 1. The molecule has 19 heteroatoms. The number of carbonyl (C=O) groups excluding carboxylic acids is 5. The summed E-state index contributed by atoms with van der Waals surface area (Å²) in [5.74, 6) is -2.74. The van der Waals surface area contributed by atoms with Crippen LogP contribution in [0.5, 0.6) is 5.75 Å². The summed E-state index contributed by atoms with van der Waals surface area (Å²) >= 11 is 0. The molecule has 2 aromatic carbocycles. The first kappa shape index (κ1) is 51.9. The number of phenolic OH excluding ortho intramolecular Hbond substituents is 1. The van der Waals surface area contributed by atoms with Gasteiger partial charge < -0.3 is 31.0 Å². The van der Waals surface area contributed by atoms with Crippen LogP contribution in [0.3, 0.4) is 0 Å². The van der Waals surface area contributed by atoms with Gasteiger partial charge in [-0.05, 0) is 93.8 Å². The fourth-order valence-electron chi connectivity index (χ4n) is 6.48. The first-order chi connectivity index (χ1) is 30.6. The van der Waals surface area contributed by atoms with Crippen LogP contribution in [0.15, 0.2) is 69.9 Å². The van der Waals surface area contributed by atoms with E-state index in [1.807, 2.05) is 0 Å². The normalized spacial score (nSPS) is 10.8. The number of unbranched alkanes of at least 4 members (excludes halogenated alkanes) is 6. The predicted molar refractivity (Wildman–Crippen MR) is 234 cm³/mol. The molecule has 2 aromatic rings. The van der Waals surface area contributed by atoms with Crippen molar-refractivity contribution < 1.29 is 59.0 Å². The topological polar surface area (TPSA) is 294 Å². The van der Waals surface area contributed by atoms with E-state index in [-0.39, 0.29) is 73.9 Å². The van der Waals surface area contributed by atoms with Gasteiger partial charge in [0, 0.05) is 94.0 Å². The number of hydrogen-bond donors (Lipinski definition) is 8. The molecule has 0 saturated carbocycles. The van der Waals surface area contributed by atoms with E-state index in [1.54, 1.807) is 30.3 Å². The second kappa shape index (κ2) is 27.6. The Kier molecular flexibility index (Phi) is 22.4. The third kappa shape index (κ3) is 17.8. The zero-order valence-electron chi connectivity index (χ0n) is 36.1. The summed E-state index contributed by atoms with van der Waals surface area (Å²) in [5, 5.41) is 56.0. The molecule has 0 saturated heterocycles. The number of nitrogens with one attached hydrogen (secondary N) is 2. The Balaban J connectivity index is 0.000000369. The van der Waals surface area contributed by atoms with Crippen LogP contribution < -0.4 is 21.8 Å². The van der Waals surface area contributed by atoms with E-state index in [0.29, 0.717) is 107 Å². The molecule has 0 bridgehead atoms. The van der Waals surface area contributed by atoms with Crippen LogP contribution in [-0.2, 0) is 24.0 Å². The van der Waals surface area contributed by atoms with Gasteiger partial charge in [-0.2, -0.15) is 0 Å². The SMILES string of the molecule is CC(=O)N(O)CCCCCNC(=O)CCC(=O)N(O)CCCCCNC(=O)CCC(=O)N(O)CCCCCN.O=C(O)c1ccccc1-c1c2ccc(=O)cc-2oc2cc(O)ccc12. The summed E-state index contributed by atoms with van der Waals surface area (Å²) < 4.78 is 5.76. The molecule has 0 atom stereocenters. The van der Waals surface area contributed by atoms with Gasteiger partial charge in [-0.3, -0.25) is 44.4 Å². The molecule has 1 heterocycles. The molecule has 2 aliphatic rings. The number of hydroxylamine groups is 6. The maximum atomic E-state index is 12.0. The molecule has 0 unspecified atom stereocenters. The van der Waals surface area contributed by atoms with E-state index in [0.717, 1.165) is 19.3 Å². The van der Waals surface area contributed by atoms with Crippen LogP contribution in [-0.4, -0.2) is 116 Å². The second-order valence-electron chi connectivity index (χ2n) is 15.0. The Labute approximate surface area is 370 Å². The van der Waals surface area contributed by atoms with Crippen molar-refractivity contribution in [3.8, 4) is 28.2 Å². The van der Waals surface area contributed by atoms with Crippen molar-refractivity contribution >= 4 is 46.5 Å². The number of amides is 5. The maximum absolute atomic E-state index is 12.0. The van der Waals surface area contributed by atoms with Crippen molar-refractivity contribution in [3.05, 3.63) is 76.5 Å². The minimum absolute atomic E-state index is 0.0191. The molecule has 0 spiro atoms. The molecule has 19 nitrogen and oxygen atoms in total. The summed E-state index contributed by atoms with van der Waals surface area (Å²) in [7, 11) is 0. The minimum Gasteiger partial charge on any atom is -0.508 e. The Hall–Kier alpha value is -6.41.